The van der Waals surface area contributed by atoms with E-state index in [9.17, 15) is 4.79 Å². The molecule has 1 N–H and O–H groups in total. The minimum absolute atomic E-state index is 0.260. The maximum absolute atomic E-state index is 11.3. The number of alkyl halides is 1. The molecule has 1 aromatic rings. The van der Waals surface area contributed by atoms with E-state index in [0.717, 1.165) is 0 Å². The predicted octanol–water partition coefficient (Wildman–Crippen LogP) is 3.52. The maximum Gasteiger partial charge on any atom is 0.411 e. The van der Waals surface area contributed by atoms with Gasteiger partial charge in [0.05, 0.1) is 16.6 Å². The van der Waals surface area contributed by atoms with Crippen LogP contribution in [0.3, 0.4) is 0 Å². The lowest BCUT2D eigenvalue weighted by atomic mass is 10.3. The lowest BCUT2D eigenvalue weighted by molar-refractivity contribution is 0.131. The molecule has 0 spiro atoms. The van der Waals surface area contributed by atoms with Crippen LogP contribution in [0.15, 0.2) is 24.3 Å². The number of carbonyl (C=O) groups excluding carboxylic acids is 1. The number of carbonyl (C=O) groups is 1. The Hall–Kier alpha value is -0.930. The van der Waals surface area contributed by atoms with Gasteiger partial charge in [-0.3, -0.25) is 5.32 Å². The van der Waals surface area contributed by atoms with Gasteiger partial charge in [-0.25, -0.2) is 4.79 Å². The molecule has 5 heteroatoms. The number of hydrogen-bond acceptors (Lipinski definition) is 2. The number of anilines is 1. The van der Waals surface area contributed by atoms with Crippen molar-refractivity contribution in [1.29, 1.82) is 0 Å². The first kappa shape index (κ1) is 12.1. The Bertz CT molecular complexity index is 344. The number of halogens is 2. The summed E-state index contributed by atoms with van der Waals surface area (Å²) < 4.78 is 4.92. The minimum atomic E-state index is -0.559. The highest BCUT2D eigenvalue weighted by atomic mass is 35.5. The van der Waals surface area contributed by atoms with Gasteiger partial charge in [0, 0.05) is 0 Å². The molecular weight excluding hydrogens is 237 g/mol. The van der Waals surface area contributed by atoms with Crippen LogP contribution < -0.4 is 5.32 Å². The molecule has 0 aliphatic carbocycles. The van der Waals surface area contributed by atoms with E-state index < -0.39 is 6.09 Å². The quantitative estimate of drug-likeness (QED) is 0.831. The van der Waals surface area contributed by atoms with Gasteiger partial charge in [-0.05, 0) is 19.1 Å². The van der Waals surface area contributed by atoms with Crippen molar-refractivity contribution in [2.75, 3.05) is 11.2 Å². The molecule has 0 saturated heterocycles. The van der Waals surface area contributed by atoms with Crippen LogP contribution in [0, 0.1) is 0 Å². The van der Waals surface area contributed by atoms with Crippen molar-refractivity contribution in [2.45, 2.75) is 13.0 Å². The molecule has 1 unspecified atom stereocenters. The summed E-state index contributed by atoms with van der Waals surface area (Å²) in [5, 5.41) is 2.99. The standard InChI is InChI=1S/C10H11Cl2NO2/c1-7(6-11)15-10(14)13-9-5-3-2-4-8(9)12/h2-5,7H,6H2,1H3,(H,13,14). The van der Waals surface area contributed by atoms with Gasteiger partial charge in [0.1, 0.15) is 6.10 Å². The smallest absolute Gasteiger partial charge is 0.411 e. The van der Waals surface area contributed by atoms with Crippen LogP contribution in [0.5, 0.6) is 0 Å². The highest BCUT2D eigenvalue weighted by Gasteiger charge is 2.09. The second-order valence-corrected chi connectivity index (χ2v) is 3.69. The zero-order chi connectivity index (χ0) is 11.3. The molecule has 0 aliphatic rings. The predicted molar refractivity (Wildman–Crippen MR) is 61.7 cm³/mol. The summed E-state index contributed by atoms with van der Waals surface area (Å²) in [7, 11) is 0. The van der Waals surface area contributed by atoms with E-state index >= 15 is 0 Å². The molecule has 0 radical (unpaired) electrons. The van der Waals surface area contributed by atoms with E-state index in [4.69, 9.17) is 27.9 Å². The normalized spacial score (nSPS) is 11.9. The molecule has 0 fully saturated rings. The second kappa shape index (κ2) is 5.83. The molecule has 1 aromatic carbocycles. The van der Waals surface area contributed by atoms with Gasteiger partial charge in [-0.15, -0.1) is 11.6 Å². The third-order valence-corrected chi connectivity index (χ3v) is 2.40. The van der Waals surface area contributed by atoms with Gasteiger partial charge < -0.3 is 4.74 Å². The SMILES string of the molecule is CC(CCl)OC(=O)Nc1ccccc1Cl. The summed E-state index contributed by atoms with van der Waals surface area (Å²) in [6.45, 7) is 1.71. The van der Waals surface area contributed by atoms with Gasteiger partial charge in [-0.1, -0.05) is 23.7 Å². The maximum atomic E-state index is 11.3. The van der Waals surface area contributed by atoms with Crippen molar-refractivity contribution in [3.63, 3.8) is 0 Å². The van der Waals surface area contributed by atoms with Crippen LogP contribution >= 0.6 is 23.2 Å². The van der Waals surface area contributed by atoms with Crippen LogP contribution in [-0.4, -0.2) is 18.1 Å². The number of para-hydroxylation sites is 1. The fourth-order valence-corrected chi connectivity index (χ4v) is 1.16. The monoisotopic (exact) mass is 247 g/mol. The Labute approximate surface area is 98.3 Å². The lowest BCUT2D eigenvalue weighted by Crippen LogP contribution is -2.21. The molecule has 15 heavy (non-hydrogen) atoms. The van der Waals surface area contributed by atoms with Crippen LogP contribution in [0.2, 0.25) is 5.02 Å². The summed E-state index contributed by atoms with van der Waals surface area (Å²) in [5.41, 5.74) is 0.519. The molecule has 3 nitrogen and oxygen atoms in total. The lowest BCUT2D eigenvalue weighted by Gasteiger charge is -2.11. The second-order valence-electron chi connectivity index (χ2n) is 2.98. The Morgan fingerprint density at radius 1 is 1.53 bits per heavy atom. The van der Waals surface area contributed by atoms with E-state index in [1.807, 2.05) is 0 Å². The molecule has 0 aromatic heterocycles. The summed E-state index contributed by atoms with van der Waals surface area (Å²) in [5.74, 6) is 0.260. The Balaban J connectivity index is 2.55. The van der Waals surface area contributed by atoms with Crippen molar-refractivity contribution in [2.24, 2.45) is 0 Å². The first-order valence-electron chi connectivity index (χ1n) is 4.41. The number of nitrogens with one attached hydrogen (secondary N) is 1. The van der Waals surface area contributed by atoms with E-state index in [0.29, 0.717) is 10.7 Å². The number of amides is 1. The minimum Gasteiger partial charge on any atom is -0.445 e. The third kappa shape index (κ3) is 3.98. The third-order valence-electron chi connectivity index (χ3n) is 1.64. The van der Waals surface area contributed by atoms with Crippen molar-refractivity contribution >= 4 is 35.0 Å². The molecule has 1 rings (SSSR count). The molecule has 0 bridgehead atoms. The Morgan fingerprint density at radius 2 is 2.20 bits per heavy atom. The molecule has 1 amide bonds. The molecule has 82 valence electrons. The first-order chi connectivity index (χ1) is 7.13. The van der Waals surface area contributed by atoms with E-state index in [2.05, 4.69) is 5.32 Å². The van der Waals surface area contributed by atoms with Crippen molar-refractivity contribution in [3.05, 3.63) is 29.3 Å². The molecule has 0 saturated carbocycles. The molecule has 0 heterocycles. The number of rotatable bonds is 3. The Morgan fingerprint density at radius 3 is 2.80 bits per heavy atom. The number of benzene rings is 1. The van der Waals surface area contributed by atoms with Crippen LogP contribution in [-0.2, 0) is 4.74 Å². The molecule has 0 aliphatic heterocycles. The average Bonchev–Trinajstić information content (AvgIpc) is 2.21. The fraction of sp³-hybridized carbons (Fsp3) is 0.300. The highest BCUT2D eigenvalue weighted by molar-refractivity contribution is 6.33. The van der Waals surface area contributed by atoms with Crippen molar-refractivity contribution in [3.8, 4) is 0 Å². The van der Waals surface area contributed by atoms with Gasteiger partial charge in [0.25, 0.3) is 0 Å². The summed E-state index contributed by atoms with van der Waals surface area (Å²) in [6.07, 6.45) is -0.884. The molecular formula is C10H11Cl2NO2. The van der Waals surface area contributed by atoms with E-state index in [-0.39, 0.29) is 12.0 Å². The summed E-state index contributed by atoms with van der Waals surface area (Å²) >= 11 is 11.3. The summed E-state index contributed by atoms with van der Waals surface area (Å²) in [4.78, 5) is 11.3. The van der Waals surface area contributed by atoms with Crippen molar-refractivity contribution < 1.29 is 9.53 Å². The van der Waals surface area contributed by atoms with Gasteiger partial charge in [0.15, 0.2) is 0 Å². The van der Waals surface area contributed by atoms with Gasteiger partial charge in [0.2, 0.25) is 0 Å². The van der Waals surface area contributed by atoms with E-state index in [1.54, 1.807) is 31.2 Å². The highest BCUT2D eigenvalue weighted by Crippen LogP contribution is 2.20. The topological polar surface area (TPSA) is 38.3 Å². The fourth-order valence-electron chi connectivity index (χ4n) is 0.916. The number of hydrogen-bond donors (Lipinski definition) is 1. The van der Waals surface area contributed by atoms with Crippen molar-refractivity contribution in [1.82, 2.24) is 0 Å². The Kier molecular flexibility index (Phi) is 4.72. The number of ether oxygens (including phenoxy) is 1. The average molecular weight is 248 g/mol. The van der Waals surface area contributed by atoms with Gasteiger partial charge in [-0.2, -0.15) is 0 Å². The largest absolute Gasteiger partial charge is 0.445 e. The zero-order valence-corrected chi connectivity index (χ0v) is 9.68. The van der Waals surface area contributed by atoms with Crippen LogP contribution in [0.4, 0.5) is 10.5 Å². The van der Waals surface area contributed by atoms with Crippen LogP contribution in [0.1, 0.15) is 6.92 Å². The van der Waals surface area contributed by atoms with Crippen LogP contribution in [0.25, 0.3) is 0 Å². The molecule has 1 atom stereocenters. The van der Waals surface area contributed by atoms with Gasteiger partial charge >= 0.3 is 6.09 Å². The first-order valence-corrected chi connectivity index (χ1v) is 5.33. The van der Waals surface area contributed by atoms with E-state index in [1.165, 1.54) is 0 Å². The zero-order valence-electron chi connectivity index (χ0n) is 8.17. The summed E-state index contributed by atoms with van der Waals surface area (Å²) in [6, 6.07) is 6.92.